The fraction of sp³-hybridized carbons (Fsp3) is 0.909. The van der Waals surface area contributed by atoms with E-state index in [0.29, 0.717) is 6.61 Å². The third kappa shape index (κ3) is 4.37. The smallest absolute Gasteiger partial charge is 0.408 e. The first-order chi connectivity index (χ1) is 7.42. The molecule has 16 heavy (non-hydrogen) atoms. The average molecular weight is 231 g/mol. The Morgan fingerprint density at radius 3 is 2.75 bits per heavy atom. The molecule has 0 aliphatic carbocycles. The first-order valence-electron chi connectivity index (χ1n) is 5.64. The number of hydrogen-bond donors (Lipinski definition) is 2. The minimum Gasteiger partial charge on any atom is -0.444 e. The normalized spacial score (nSPS) is 22.9. The largest absolute Gasteiger partial charge is 0.444 e. The lowest BCUT2D eigenvalue weighted by molar-refractivity contribution is 0.0270. The van der Waals surface area contributed by atoms with E-state index in [1.165, 1.54) is 0 Å². The Morgan fingerprint density at radius 2 is 2.31 bits per heavy atom. The summed E-state index contributed by atoms with van der Waals surface area (Å²) in [5.74, 6) is 0. The molecule has 94 valence electrons. The maximum Gasteiger partial charge on any atom is 0.408 e. The molecule has 0 aromatic rings. The van der Waals surface area contributed by atoms with Gasteiger partial charge in [-0.3, -0.25) is 0 Å². The van der Waals surface area contributed by atoms with Gasteiger partial charge in [-0.2, -0.15) is 0 Å². The number of hydrogen-bond acceptors (Lipinski definition) is 4. The molecule has 1 saturated heterocycles. The van der Waals surface area contributed by atoms with Crippen LogP contribution in [0.15, 0.2) is 0 Å². The Morgan fingerprint density at radius 1 is 1.62 bits per heavy atom. The second kappa shape index (κ2) is 5.50. The minimum atomic E-state index is -0.527. The summed E-state index contributed by atoms with van der Waals surface area (Å²) in [5.41, 5.74) is -0.527. The van der Waals surface area contributed by atoms with Crippen molar-refractivity contribution in [1.82, 2.24) is 5.32 Å². The highest BCUT2D eigenvalue weighted by atomic mass is 16.6. The van der Waals surface area contributed by atoms with Crippen molar-refractivity contribution in [2.45, 2.75) is 51.4 Å². The van der Waals surface area contributed by atoms with Crippen LogP contribution in [0.5, 0.6) is 0 Å². The number of carbonyl (C=O) groups excluding carboxylic acids is 1. The van der Waals surface area contributed by atoms with E-state index in [2.05, 4.69) is 5.32 Å². The molecule has 2 atom stereocenters. The van der Waals surface area contributed by atoms with E-state index >= 15 is 0 Å². The monoisotopic (exact) mass is 231 g/mol. The van der Waals surface area contributed by atoms with Crippen LogP contribution in [0.3, 0.4) is 0 Å². The summed E-state index contributed by atoms with van der Waals surface area (Å²) in [6, 6.07) is -0.377. The van der Waals surface area contributed by atoms with Crippen LogP contribution in [-0.4, -0.2) is 42.2 Å². The highest BCUT2D eigenvalue weighted by molar-refractivity contribution is 5.68. The van der Waals surface area contributed by atoms with Gasteiger partial charge < -0.3 is 19.9 Å². The van der Waals surface area contributed by atoms with Gasteiger partial charge in [-0.05, 0) is 33.6 Å². The molecule has 1 fully saturated rings. The van der Waals surface area contributed by atoms with Crippen LogP contribution in [-0.2, 0) is 9.47 Å². The van der Waals surface area contributed by atoms with Crippen LogP contribution < -0.4 is 5.32 Å². The van der Waals surface area contributed by atoms with Gasteiger partial charge >= 0.3 is 6.09 Å². The first-order valence-corrected chi connectivity index (χ1v) is 5.64. The molecule has 0 aromatic carbocycles. The van der Waals surface area contributed by atoms with E-state index in [0.717, 1.165) is 12.8 Å². The van der Waals surface area contributed by atoms with Crippen molar-refractivity contribution in [2.75, 3.05) is 13.2 Å². The summed E-state index contributed by atoms with van der Waals surface area (Å²) in [7, 11) is 0. The molecule has 0 radical (unpaired) electrons. The number of rotatable bonds is 3. The Bertz CT molecular complexity index is 231. The molecule has 0 spiro atoms. The predicted molar refractivity (Wildman–Crippen MR) is 59.2 cm³/mol. The van der Waals surface area contributed by atoms with Gasteiger partial charge in [0.05, 0.1) is 18.8 Å². The van der Waals surface area contributed by atoms with Crippen LogP contribution in [0.2, 0.25) is 0 Å². The van der Waals surface area contributed by atoms with Crippen molar-refractivity contribution in [3.8, 4) is 0 Å². The molecule has 0 saturated carbocycles. The van der Waals surface area contributed by atoms with Crippen molar-refractivity contribution in [2.24, 2.45) is 0 Å². The van der Waals surface area contributed by atoms with Crippen LogP contribution in [0, 0.1) is 0 Å². The molecule has 2 N–H and O–H groups in total. The zero-order chi connectivity index (χ0) is 12.2. The van der Waals surface area contributed by atoms with Crippen LogP contribution in [0.1, 0.15) is 33.6 Å². The summed E-state index contributed by atoms with van der Waals surface area (Å²) in [4.78, 5) is 11.5. The number of nitrogens with one attached hydrogen (secondary N) is 1. The SMILES string of the molecule is CC(C)(C)OC(=O)N[C@H](CO)[C@H]1CCCO1. The lowest BCUT2D eigenvalue weighted by atomic mass is 10.1. The van der Waals surface area contributed by atoms with E-state index < -0.39 is 11.7 Å². The molecule has 0 aromatic heterocycles. The van der Waals surface area contributed by atoms with Crippen molar-refractivity contribution < 1.29 is 19.4 Å². The van der Waals surface area contributed by atoms with Gasteiger partial charge in [0, 0.05) is 6.61 Å². The third-order valence-electron chi connectivity index (χ3n) is 2.31. The van der Waals surface area contributed by atoms with E-state index in [4.69, 9.17) is 9.47 Å². The molecule has 1 amide bonds. The number of amides is 1. The minimum absolute atomic E-state index is 0.0995. The summed E-state index contributed by atoms with van der Waals surface area (Å²) in [6.45, 7) is 5.95. The van der Waals surface area contributed by atoms with Crippen molar-refractivity contribution in [3.05, 3.63) is 0 Å². The lowest BCUT2D eigenvalue weighted by Gasteiger charge is -2.25. The Hall–Kier alpha value is -0.810. The Balaban J connectivity index is 2.40. The lowest BCUT2D eigenvalue weighted by Crippen LogP contribution is -2.47. The molecular weight excluding hydrogens is 210 g/mol. The highest BCUT2D eigenvalue weighted by Crippen LogP contribution is 2.16. The zero-order valence-electron chi connectivity index (χ0n) is 10.2. The van der Waals surface area contributed by atoms with Gasteiger partial charge in [0.1, 0.15) is 5.60 Å². The van der Waals surface area contributed by atoms with Gasteiger partial charge in [0.2, 0.25) is 0 Å². The standard InChI is InChI=1S/C11H21NO4/c1-11(2,3)16-10(14)12-8(7-13)9-5-4-6-15-9/h8-9,13H,4-7H2,1-3H3,(H,12,14)/t8-,9-/m1/s1. The molecule has 1 aliphatic rings. The summed E-state index contributed by atoms with van der Waals surface area (Å²) < 4.78 is 10.5. The van der Waals surface area contributed by atoms with Crippen molar-refractivity contribution >= 4 is 6.09 Å². The molecule has 5 heteroatoms. The number of ether oxygens (including phenoxy) is 2. The van der Waals surface area contributed by atoms with E-state index in [-0.39, 0.29) is 18.8 Å². The Kier molecular flexibility index (Phi) is 4.56. The molecule has 0 bridgehead atoms. The predicted octanol–water partition coefficient (Wildman–Crippen LogP) is 1.05. The van der Waals surface area contributed by atoms with Crippen molar-refractivity contribution in [1.29, 1.82) is 0 Å². The molecule has 5 nitrogen and oxygen atoms in total. The Labute approximate surface area is 96.1 Å². The first kappa shape index (κ1) is 13.3. The van der Waals surface area contributed by atoms with Gasteiger partial charge in [-0.1, -0.05) is 0 Å². The molecule has 1 heterocycles. The van der Waals surface area contributed by atoms with E-state index in [1.807, 2.05) is 0 Å². The topological polar surface area (TPSA) is 67.8 Å². The number of alkyl carbamates (subject to hydrolysis) is 1. The maximum absolute atomic E-state index is 11.5. The summed E-state index contributed by atoms with van der Waals surface area (Å²) >= 11 is 0. The maximum atomic E-state index is 11.5. The molecular formula is C11H21NO4. The van der Waals surface area contributed by atoms with Gasteiger partial charge in [0.15, 0.2) is 0 Å². The fourth-order valence-corrected chi connectivity index (χ4v) is 1.63. The van der Waals surface area contributed by atoms with Crippen LogP contribution in [0.25, 0.3) is 0 Å². The molecule has 0 unspecified atom stereocenters. The second-order valence-corrected chi connectivity index (χ2v) is 4.99. The zero-order valence-corrected chi connectivity index (χ0v) is 10.2. The van der Waals surface area contributed by atoms with E-state index in [1.54, 1.807) is 20.8 Å². The van der Waals surface area contributed by atoms with Crippen LogP contribution in [0.4, 0.5) is 4.79 Å². The number of carbonyl (C=O) groups is 1. The highest BCUT2D eigenvalue weighted by Gasteiger charge is 2.28. The second-order valence-electron chi connectivity index (χ2n) is 4.99. The molecule has 1 aliphatic heterocycles. The quantitative estimate of drug-likeness (QED) is 0.762. The van der Waals surface area contributed by atoms with Gasteiger partial charge in [0.25, 0.3) is 0 Å². The van der Waals surface area contributed by atoms with Crippen molar-refractivity contribution in [3.63, 3.8) is 0 Å². The third-order valence-corrected chi connectivity index (χ3v) is 2.31. The van der Waals surface area contributed by atoms with Gasteiger partial charge in [-0.15, -0.1) is 0 Å². The van der Waals surface area contributed by atoms with E-state index in [9.17, 15) is 9.90 Å². The summed E-state index contributed by atoms with van der Waals surface area (Å²) in [5, 5.41) is 11.8. The number of aliphatic hydroxyl groups excluding tert-OH is 1. The average Bonchev–Trinajstić information content (AvgIpc) is 2.63. The molecule has 1 rings (SSSR count). The number of aliphatic hydroxyl groups is 1. The van der Waals surface area contributed by atoms with Gasteiger partial charge in [-0.25, -0.2) is 4.79 Å². The fourth-order valence-electron chi connectivity index (χ4n) is 1.63. The summed E-state index contributed by atoms with van der Waals surface area (Å²) in [6.07, 6.45) is 1.22. The van der Waals surface area contributed by atoms with Crippen LogP contribution >= 0.6 is 0 Å².